The number of hydrogen-bond acceptors (Lipinski definition) is 3. The fraction of sp³-hybridized carbons (Fsp3) is 0.833. The quantitative estimate of drug-likeness (QED) is 0.498. The van der Waals surface area contributed by atoms with Crippen molar-refractivity contribution in [2.24, 2.45) is 0 Å². The van der Waals surface area contributed by atoms with E-state index in [1.54, 1.807) is 0 Å². The third-order valence-electron chi connectivity index (χ3n) is 1.35. The van der Waals surface area contributed by atoms with Crippen LogP contribution in [0.5, 0.6) is 0 Å². The Labute approximate surface area is 76.5 Å². The number of hydrogen-bond donors (Lipinski definition) is 3. The minimum atomic E-state index is -5.08. The zero-order valence-electron chi connectivity index (χ0n) is 6.88. The molecule has 1 saturated heterocycles. The summed E-state index contributed by atoms with van der Waals surface area (Å²) in [6.45, 7) is 0.711. The van der Waals surface area contributed by atoms with Crippen LogP contribution in [-0.4, -0.2) is 47.7 Å². The van der Waals surface area contributed by atoms with Crippen molar-refractivity contribution in [1.29, 1.82) is 0 Å². The number of rotatable bonds is 0. The van der Waals surface area contributed by atoms with Crippen molar-refractivity contribution >= 4 is 5.97 Å². The Morgan fingerprint density at radius 3 is 1.86 bits per heavy atom. The number of nitrogens with one attached hydrogen (secondary N) is 1. The number of halogens is 4. The Balaban J connectivity index is 0.000000241. The van der Waals surface area contributed by atoms with Crippen molar-refractivity contribution in [1.82, 2.24) is 5.32 Å². The molecular weight excluding hydrogens is 210 g/mol. The van der Waals surface area contributed by atoms with E-state index in [9.17, 15) is 17.6 Å². The van der Waals surface area contributed by atoms with Gasteiger partial charge in [0.15, 0.2) is 0 Å². The summed E-state index contributed by atoms with van der Waals surface area (Å²) < 4.78 is 43.7. The Kier molecular flexibility index (Phi) is 4.78. The standard InChI is InChI=1S/C4H8FNO.C2HF3O2/c5-3-1-6-2-4(3)7;3-2(4,5)1(6)7/h3-4,6-7H,1-2H2;(H,6,7)/t3-,4-;/m1./s1. The van der Waals surface area contributed by atoms with Gasteiger partial charge in [0.1, 0.15) is 6.17 Å². The number of aliphatic hydroxyl groups is 1. The van der Waals surface area contributed by atoms with E-state index < -0.39 is 24.4 Å². The number of carbonyl (C=O) groups is 1. The molecule has 0 spiro atoms. The first-order valence-corrected chi connectivity index (χ1v) is 3.58. The van der Waals surface area contributed by atoms with Crippen LogP contribution in [0, 0.1) is 0 Å². The lowest BCUT2D eigenvalue weighted by Gasteiger charge is -1.98. The van der Waals surface area contributed by atoms with Gasteiger partial charge in [-0.25, -0.2) is 9.18 Å². The molecule has 0 radical (unpaired) electrons. The molecule has 84 valence electrons. The van der Waals surface area contributed by atoms with E-state index in [0.717, 1.165) is 0 Å². The smallest absolute Gasteiger partial charge is 0.475 e. The highest BCUT2D eigenvalue weighted by molar-refractivity contribution is 5.73. The fourth-order valence-corrected chi connectivity index (χ4v) is 0.633. The van der Waals surface area contributed by atoms with Crippen LogP contribution in [0.4, 0.5) is 17.6 Å². The number of carboxylic acids is 1. The normalized spacial score (nSPS) is 26.6. The van der Waals surface area contributed by atoms with E-state index in [1.165, 1.54) is 0 Å². The Bertz CT molecular complexity index is 188. The largest absolute Gasteiger partial charge is 0.490 e. The molecule has 8 heteroatoms. The van der Waals surface area contributed by atoms with Crippen molar-refractivity contribution in [3.8, 4) is 0 Å². The first kappa shape index (κ1) is 13.1. The van der Waals surface area contributed by atoms with Gasteiger partial charge in [0.25, 0.3) is 0 Å². The number of β-amino-alcohol motifs (C(OH)–C–C–N with tert-alkyl or cyclic N) is 1. The van der Waals surface area contributed by atoms with Crippen molar-refractivity contribution in [3.63, 3.8) is 0 Å². The molecule has 1 aliphatic heterocycles. The average molecular weight is 219 g/mol. The summed E-state index contributed by atoms with van der Waals surface area (Å²) in [6.07, 6.45) is -6.89. The first-order chi connectivity index (χ1) is 6.25. The fourth-order valence-electron chi connectivity index (χ4n) is 0.633. The summed E-state index contributed by atoms with van der Waals surface area (Å²) >= 11 is 0. The van der Waals surface area contributed by atoms with Crippen LogP contribution in [-0.2, 0) is 4.79 Å². The van der Waals surface area contributed by atoms with E-state index in [-0.39, 0.29) is 0 Å². The first-order valence-electron chi connectivity index (χ1n) is 3.58. The molecule has 1 fully saturated rings. The summed E-state index contributed by atoms with van der Waals surface area (Å²) in [5.74, 6) is -2.76. The number of aliphatic hydroxyl groups excluding tert-OH is 1. The summed E-state index contributed by atoms with van der Waals surface area (Å²) in [7, 11) is 0. The van der Waals surface area contributed by atoms with E-state index >= 15 is 0 Å². The maximum Gasteiger partial charge on any atom is 0.490 e. The highest BCUT2D eigenvalue weighted by atomic mass is 19.4. The minimum absolute atomic E-state index is 0.307. The van der Waals surface area contributed by atoms with Gasteiger partial charge in [-0.3, -0.25) is 0 Å². The molecule has 0 aromatic carbocycles. The Hall–Kier alpha value is -0.890. The van der Waals surface area contributed by atoms with Gasteiger partial charge in [-0.05, 0) is 0 Å². The molecule has 1 aliphatic rings. The maximum atomic E-state index is 12.0. The van der Waals surface area contributed by atoms with Gasteiger partial charge in [-0.15, -0.1) is 0 Å². The summed E-state index contributed by atoms with van der Waals surface area (Å²) in [4.78, 5) is 8.90. The lowest BCUT2D eigenvalue weighted by atomic mass is 10.3. The summed E-state index contributed by atoms with van der Waals surface area (Å²) in [5.41, 5.74) is 0. The second-order valence-electron chi connectivity index (χ2n) is 2.54. The zero-order chi connectivity index (χ0) is 11.4. The third kappa shape index (κ3) is 4.97. The molecule has 0 bridgehead atoms. The molecule has 0 unspecified atom stereocenters. The number of aliphatic carboxylic acids is 1. The van der Waals surface area contributed by atoms with Crippen molar-refractivity contribution < 1.29 is 32.6 Å². The van der Waals surface area contributed by atoms with Crippen LogP contribution < -0.4 is 5.32 Å². The molecule has 2 atom stereocenters. The van der Waals surface area contributed by atoms with Gasteiger partial charge in [-0.1, -0.05) is 0 Å². The van der Waals surface area contributed by atoms with Crippen LogP contribution in [0.1, 0.15) is 0 Å². The molecule has 3 N–H and O–H groups in total. The summed E-state index contributed by atoms with van der Waals surface area (Å²) in [5, 5.41) is 18.4. The lowest BCUT2D eigenvalue weighted by molar-refractivity contribution is -0.192. The van der Waals surface area contributed by atoms with Gasteiger partial charge >= 0.3 is 12.1 Å². The van der Waals surface area contributed by atoms with E-state index in [4.69, 9.17) is 15.0 Å². The third-order valence-corrected chi connectivity index (χ3v) is 1.35. The predicted molar refractivity (Wildman–Crippen MR) is 37.5 cm³/mol. The van der Waals surface area contributed by atoms with Gasteiger partial charge < -0.3 is 15.5 Å². The van der Waals surface area contributed by atoms with E-state index in [1.807, 2.05) is 0 Å². The molecular formula is C6H9F4NO3. The lowest BCUT2D eigenvalue weighted by Crippen LogP contribution is -2.21. The predicted octanol–water partition coefficient (Wildman–Crippen LogP) is -0.0781. The van der Waals surface area contributed by atoms with Gasteiger partial charge in [0.05, 0.1) is 6.10 Å². The van der Waals surface area contributed by atoms with Crippen LogP contribution in [0.2, 0.25) is 0 Å². The molecule has 1 rings (SSSR count). The van der Waals surface area contributed by atoms with E-state index in [0.29, 0.717) is 13.1 Å². The monoisotopic (exact) mass is 219 g/mol. The van der Waals surface area contributed by atoms with E-state index in [2.05, 4.69) is 5.32 Å². The SMILES string of the molecule is O=C(O)C(F)(F)F.O[C@@H]1CNC[C@H]1F. The van der Waals surface area contributed by atoms with Crippen LogP contribution in [0.25, 0.3) is 0 Å². The summed E-state index contributed by atoms with van der Waals surface area (Å²) in [6, 6.07) is 0. The number of alkyl halides is 4. The highest BCUT2D eigenvalue weighted by Gasteiger charge is 2.38. The Morgan fingerprint density at radius 2 is 1.79 bits per heavy atom. The molecule has 0 aromatic heterocycles. The molecule has 1 heterocycles. The molecule has 4 nitrogen and oxygen atoms in total. The molecule has 14 heavy (non-hydrogen) atoms. The van der Waals surface area contributed by atoms with Gasteiger partial charge in [-0.2, -0.15) is 13.2 Å². The van der Waals surface area contributed by atoms with Crippen molar-refractivity contribution in [2.75, 3.05) is 13.1 Å². The van der Waals surface area contributed by atoms with Crippen LogP contribution >= 0.6 is 0 Å². The molecule has 0 amide bonds. The maximum absolute atomic E-state index is 12.0. The van der Waals surface area contributed by atoms with Crippen LogP contribution in [0.15, 0.2) is 0 Å². The topological polar surface area (TPSA) is 69.6 Å². The Morgan fingerprint density at radius 1 is 1.36 bits per heavy atom. The molecule has 0 aliphatic carbocycles. The molecule has 0 aromatic rings. The number of carboxylic acid groups (broad SMARTS) is 1. The second kappa shape index (κ2) is 5.11. The van der Waals surface area contributed by atoms with Gasteiger partial charge in [0.2, 0.25) is 0 Å². The minimum Gasteiger partial charge on any atom is -0.475 e. The van der Waals surface area contributed by atoms with Crippen molar-refractivity contribution in [3.05, 3.63) is 0 Å². The highest BCUT2D eigenvalue weighted by Crippen LogP contribution is 2.13. The van der Waals surface area contributed by atoms with Crippen molar-refractivity contribution in [2.45, 2.75) is 18.5 Å². The van der Waals surface area contributed by atoms with Crippen LogP contribution in [0.3, 0.4) is 0 Å². The molecule has 0 saturated carbocycles. The zero-order valence-corrected chi connectivity index (χ0v) is 6.88. The van der Waals surface area contributed by atoms with Gasteiger partial charge in [0, 0.05) is 13.1 Å². The second-order valence-corrected chi connectivity index (χ2v) is 2.54. The average Bonchev–Trinajstić information content (AvgIpc) is 2.35.